The maximum atomic E-state index is 12.5. The topological polar surface area (TPSA) is 72.6 Å². The van der Waals surface area contributed by atoms with E-state index in [0.717, 1.165) is 5.56 Å². The fourth-order valence-electron chi connectivity index (χ4n) is 1.87. The number of benzene rings is 1. The number of methoxy groups -OCH3 is 1. The molecule has 0 aliphatic carbocycles. The quantitative estimate of drug-likeness (QED) is 0.791. The van der Waals surface area contributed by atoms with Crippen molar-refractivity contribution in [3.8, 4) is 0 Å². The largest absolute Gasteiger partial charge is 0.468 e. The van der Waals surface area contributed by atoms with Gasteiger partial charge in [-0.25, -0.2) is 0 Å². The van der Waals surface area contributed by atoms with Crippen molar-refractivity contribution in [2.75, 3.05) is 13.7 Å². The van der Waals surface area contributed by atoms with Crippen LogP contribution in [0.2, 0.25) is 5.02 Å². The molecule has 1 aromatic carbocycles. The lowest BCUT2D eigenvalue weighted by Gasteiger charge is -2.20. The molecule has 1 heterocycles. The molecule has 0 aliphatic rings. The van der Waals surface area contributed by atoms with Crippen molar-refractivity contribution in [1.82, 2.24) is 10.1 Å². The van der Waals surface area contributed by atoms with Crippen molar-refractivity contribution >= 4 is 23.5 Å². The lowest BCUT2D eigenvalue weighted by atomic mass is 10.2. The van der Waals surface area contributed by atoms with Gasteiger partial charge in [-0.3, -0.25) is 9.59 Å². The Morgan fingerprint density at radius 1 is 1.36 bits per heavy atom. The molecule has 0 radical (unpaired) electrons. The fourth-order valence-corrected chi connectivity index (χ4v) is 2.07. The average Bonchev–Trinajstić information content (AvgIpc) is 2.94. The molecule has 0 saturated heterocycles. The predicted molar refractivity (Wildman–Crippen MR) is 79.4 cm³/mol. The van der Waals surface area contributed by atoms with Crippen molar-refractivity contribution < 1.29 is 18.8 Å². The van der Waals surface area contributed by atoms with Crippen LogP contribution < -0.4 is 0 Å². The van der Waals surface area contributed by atoms with Crippen molar-refractivity contribution in [2.24, 2.45) is 0 Å². The molecule has 0 unspecified atom stereocenters. The Balaban J connectivity index is 2.24. The van der Waals surface area contributed by atoms with E-state index in [1.807, 2.05) is 0 Å². The second-order valence-corrected chi connectivity index (χ2v) is 5.07. The molecular formula is C15H15ClN2O4. The minimum absolute atomic E-state index is 0.0634. The number of hydrogen-bond acceptors (Lipinski definition) is 5. The van der Waals surface area contributed by atoms with Crippen LogP contribution >= 0.6 is 11.6 Å². The fraction of sp³-hybridized carbons (Fsp3) is 0.267. The summed E-state index contributed by atoms with van der Waals surface area (Å²) >= 11 is 6.10. The second kappa shape index (κ2) is 7.09. The molecule has 0 saturated carbocycles. The highest BCUT2D eigenvalue weighted by Crippen LogP contribution is 2.18. The van der Waals surface area contributed by atoms with Crippen molar-refractivity contribution in [3.63, 3.8) is 0 Å². The number of esters is 1. The lowest BCUT2D eigenvalue weighted by Crippen LogP contribution is -2.35. The van der Waals surface area contributed by atoms with Crippen LogP contribution in [0.3, 0.4) is 0 Å². The number of amides is 1. The number of carbonyl (C=O) groups excluding carboxylic acids is 2. The van der Waals surface area contributed by atoms with E-state index in [-0.39, 0.29) is 18.8 Å². The van der Waals surface area contributed by atoms with Gasteiger partial charge in [0.2, 0.25) is 5.76 Å². The highest BCUT2D eigenvalue weighted by molar-refractivity contribution is 6.31. The molecule has 6 nitrogen and oxygen atoms in total. The van der Waals surface area contributed by atoms with Crippen molar-refractivity contribution in [2.45, 2.75) is 13.5 Å². The minimum Gasteiger partial charge on any atom is -0.468 e. The third-order valence-electron chi connectivity index (χ3n) is 2.99. The van der Waals surface area contributed by atoms with Gasteiger partial charge in [0.25, 0.3) is 5.91 Å². The van der Waals surface area contributed by atoms with Gasteiger partial charge >= 0.3 is 5.97 Å². The summed E-state index contributed by atoms with van der Waals surface area (Å²) in [6.07, 6.45) is 0. The lowest BCUT2D eigenvalue weighted by molar-refractivity contribution is -0.141. The molecule has 2 aromatic rings. The average molecular weight is 323 g/mol. The predicted octanol–water partition coefficient (Wildman–Crippen LogP) is 2.45. The highest BCUT2D eigenvalue weighted by atomic mass is 35.5. The Morgan fingerprint density at radius 2 is 2.09 bits per heavy atom. The molecule has 7 heteroatoms. The number of aromatic nitrogens is 1. The molecular weight excluding hydrogens is 308 g/mol. The van der Waals surface area contributed by atoms with Gasteiger partial charge in [0.15, 0.2) is 0 Å². The molecule has 116 valence electrons. The SMILES string of the molecule is COC(=O)CN(Cc1ccccc1Cl)C(=O)c1cc(C)no1. The van der Waals surface area contributed by atoms with Gasteiger partial charge in [0, 0.05) is 17.6 Å². The minimum atomic E-state index is -0.531. The number of hydrogen-bond donors (Lipinski definition) is 0. The molecule has 1 amide bonds. The van der Waals surface area contributed by atoms with Gasteiger partial charge in [0.05, 0.1) is 12.8 Å². The molecule has 2 rings (SSSR count). The number of carbonyl (C=O) groups is 2. The molecule has 0 N–H and O–H groups in total. The summed E-state index contributed by atoms with van der Waals surface area (Å²) in [7, 11) is 1.26. The summed E-state index contributed by atoms with van der Waals surface area (Å²) in [5, 5.41) is 4.19. The van der Waals surface area contributed by atoms with Gasteiger partial charge in [-0.1, -0.05) is 35.0 Å². The van der Waals surface area contributed by atoms with E-state index in [9.17, 15) is 9.59 Å². The zero-order chi connectivity index (χ0) is 16.1. The molecule has 0 bridgehead atoms. The van der Waals surface area contributed by atoms with Gasteiger partial charge in [-0.15, -0.1) is 0 Å². The van der Waals surface area contributed by atoms with Crippen LogP contribution in [0, 0.1) is 6.92 Å². The summed E-state index contributed by atoms with van der Waals surface area (Å²) in [6, 6.07) is 8.61. The summed E-state index contributed by atoms with van der Waals surface area (Å²) in [4.78, 5) is 25.3. The first kappa shape index (κ1) is 16.0. The van der Waals surface area contributed by atoms with Crippen LogP contribution in [0.1, 0.15) is 21.8 Å². The standard InChI is InChI=1S/C15H15ClN2O4/c1-10-7-13(22-17-10)15(20)18(9-14(19)21-2)8-11-5-3-4-6-12(11)16/h3-7H,8-9H2,1-2H3. The Bertz CT molecular complexity index is 684. The zero-order valence-electron chi connectivity index (χ0n) is 12.2. The first-order valence-corrected chi connectivity index (χ1v) is 6.92. The van der Waals surface area contributed by atoms with Crippen LogP contribution in [-0.2, 0) is 16.1 Å². The maximum Gasteiger partial charge on any atom is 0.325 e. The van der Waals surface area contributed by atoms with Gasteiger partial charge in [-0.2, -0.15) is 0 Å². The zero-order valence-corrected chi connectivity index (χ0v) is 13.0. The summed E-state index contributed by atoms with van der Waals surface area (Å²) in [5.74, 6) is -0.920. The molecule has 1 aromatic heterocycles. The summed E-state index contributed by atoms with van der Waals surface area (Å²) in [6.45, 7) is 1.66. The molecule has 0 aliphatic heterocycles. The monoisotopic (exact) mass is 322 g/mol. The smallest absolute Gasteiger partial charge is 0.325 e. The van der Waals surface area contributed by atoms with Gasteiger partial charge in [0.1, 0.15) is 6.54 Å². The Kier molecular flexibility index (Phi) is 5.16. The van der Waals surface area contributed by atoms with E-state index in [1.165, 1.54) is 18.1 Å². The van der Waals surface area contributed by atoms with E-state index in [2.05, 4.69) is 9.89 Å². The van der Waals surface area contributed by atoms with E-state index in [4.69, 9.17) is 16.1 Å². The first-order chi connectivity index (χ1) is 10.5. The highest BCUT2D eigenvalue weighted by Gasteiger charge is 2.23. The van der Waals surface area contributed by atoms with E-state index < -0.39 is 11.9 Å². The second-order valence-electron chi connectivity index (χ2n) is 4.66. The maximum absolute atomic E-state index is 12.5. The van der Waals surface area contributed by atoms with Crippen LogP contribution in [0.5, 0.6) is 0 Å². The summed E-state index contributed by atoms with van der Waals surface area (Å²) in [5.41, 5.74) is 1.30. The van der Waals surface area contributed by atoms with E-state index in [1.54, 1.807) is 31.2 Å². The van der Waals surface area contributed by atoms with Crippen LogP contribution in [0.25, 0.3) is 0 Å². The van der Waals surface area contributed by atoms with Gasteiger partial charge in [-0.05, 0) is 18.6 Å². The Morgan fingerprint density at radius 3 is 2.68 bits per heavy atom. The number of rotatable bonds is 5. The number of ether oxygens (including phenoxy) is 1. The van der Waals surface area contributed by atoms with E-state index >= 15 is 0 Å². The molecule has 0 atom stereocenters. The molecule has 22 heavy (non-hydrogen) atoms. The first-order valence-electron chi connectivity index (χ1n) is 6.54. The van der Waals surface area contributed by atoms with Crippen molar-refractivity contribution in [1.29, 1.82) is 0 Å². The normalized spacial score (nSPS) is 10.3. The Hall–Kier alpha value is -2.34. The Labute approximate surface area is 132 Å². The van der Waals surface area contributed by atoms with Crippen LogP contribution in [0.4, 0.5) is 0 Å². The molecule has 0 fully saturated rings. The third kappa shape index (κ3) is 3.85. The molecule has 0 spiro atoms. The number of halogens is 1. The van der Waals surface area contributed by atoms with Crippen molar-refractivity contribution in [3.05, 3.63) is 52.4 Å². The number of aryl methyl sites for hydroxylation is 1. The van der Waals surface area contributed by atoms with E-state index in [0.29, 0.717) is 10.7 Å². The van der Waals surface area contributed by atoms with Gasteiger partial charge < -0.3 is 14.2 Å². The summed E-state index contributed by atoms with van der Waals surface area (Å²) < 4.78 is 9.59. The van der Waals surface area contributed by atoms with Crippen LogP contribution in [0.15, 0.2) is 34.9 Å². The number of nitrogens with zero attached hydrogens (tertiary/aromatic N) is 2. The third-order valence-corrected chi connectivity index (χ3v) is 3.36. The van der Waals surface area contributed by atoms with Crippen LogP contribution in [-0.4, -0.2) is 35.6 Å².